The van der Waals surface area contributed by atoms with Crippen molar-refractivity contribution < 1.29 is 0 Å². The van der Waals surface area contributed by atoms with Crippen molar-refractivity contribution in [2.45, 2.75) is 56.9 Å². The van der Waals surface area contributed by atoms with Crippen LogP contribution >= 0.6 is 11.8 Å². The van der Waals surface area contributed by atoms with Gasteiger partial charge in [-0.3, -0.25) is 4.68 Å². The highest BCUT2D eigenvalue weighted by atomic mass is 32.2. The highest BCUT2D eigenvalue weighted by Crippen LogP contribution is 2.22. The number of nitrogens with one attached hydrogen (secondary N) is 1. The molecule has 0 aromatic carbocycles. The molecule has 0 aliphatic carbocycles. The predicted molar refractivity (Wildman–Crippen MR) is 75.6 cm³/mol. The molecule has 1 aromatic rings. The number of rotatable bonds is 7. The molecule has 0 radical (unpaired) electrons. The molecule has 0 amide bonds. The van der Waals surface area contributed by atoms with E-state index < -0.39 is 0 Å². The number of thioether (sulfide) groups is 1. The minimum atomic E-state index is 0.573. The van der Waals surface area contributed by atoms with Crippen molar-refractivity contribution in [3.05, 3.63) is 11.8 Å². The van der Waals surface area contributed by atoms with Crippen LogP contribution in [0.3, 0.4) is 0 Å². The number of hydrogen-bond acceptors (Lipinski definition) is 3. The third-order valence-corrected chi connectivity index (χ3v) is 3.95. The monoisotopic (exact) mass is 255 g/mol. The zero-order chi connectivity index (χ0) is 12.8. The topological polar surface area (TPSA) is 29.9 Å². The van der Waals surface area contributed by atoms with Crippen molar-refractivity contribution in [3.63, 3.8) is 0 Å². The van der Waals surface area contributed by atoms with E-state index in [1.165, 1.54) is 17.9 Å². The lowest BCUT2D eigenvalue weighted by atomic mass is 10.2. The van der Waals surface area contributed by atoms with Gasteiger partial charge in [-0.1, -0.05) is 20.3 Å². The average molecular weight is 255 g/mol. The molecule has 2 atom stereocenters. The lowest BCUT2D eigenvalue weighted by Gasteiger charge is -2.16. The van der Waals surface area contributed by atoms with Crippen LogP contribution in [0.15, 0.2) is 11.1 Å². The second-order valence-corrected chi connectivity index (χ2v) is 6.23. The first-order chi connectivity index (χ1) is 8.02. The fourth-order valence-electron chi connectivity index (χ4n) is 1.85. The number of hydrogen-bond donors (Lipinski definition) is 1. The van der Waals surface area contributed by atoms with E-state index in [-0.39, 0.29) is 0 Å². The highest BCUT2D eigenvalue weighted by molar-refractivity contribution is 7.99. The summed E-state index contributed by atoms with van der Waals surface area (Å²) in [5.74, 6) is 0. The summed E-state index contributed by atoms with van der Waals surface area (Å²) in [4.78, 5) is 0. The standard InChI is InChI=1S/C13H25N3S/c1-6-7-10(2)14-9-12(4)17-13-8-11(3)15-16(13)5/h8,10,12,14H,6-7,9H2,1-5H3. The van der Waals surface area contributed by atoms with Crippen molar-refractivity contribution in [1.29, 1.82) is 0 Å². The van der Waals surface area contributed by atoms with Gasteiger partial charge in [0, 0.05) is 24.9 Å². The number of nitrogens with zero attached hydrogens (tertiary/aromatic N) is 2. The van der Waals surface area contributed by atoms with Crippen LogP contribution in [0, 0.1) is 6.92 Å². The number of aromatic nitrogens is 2. The third kappa shape index (κ3) is 5.13. The SMILES string of the molecule is CCCC(C)NCC(C)Sc1cc(C)nn1C. The summed E-state index contributed by atoms with van der Waals surface area (Å²) in [6.07, 6.45) is 2.50. The van der Waals surface area contributed by atoms with Gasteiger partial charge in [-0.15, -0.1) is 11.8 Å². The lowest BCUT2D eigenvalue weighted by Crippen LogP contribution is -2.31. The maximum atomic E-state index is 4.36. The zero-order valence-corrected chi connectivity index (χ0v) is 12.5. The van der Waals surface area contributed by atoms with E-state index in [4.69, 9.17) is 0 Å². The van der Waals surface area contributed by atoms with Crippen LogP contribution < -0.4 is 5.32 Å². The molecule has 0 bridgehead atoms. The van der Waals surface area contributed by atoms with E-state index in [1.54, 1.807) is 0 Å². The molecule has 1 heterocycles. The Hall–Kier alpha value is -0.480. The van der Waals surface area contributed by atoms with Crippen molar-refractivity contribution in [2.24, 2.45) is 7.05 Å². The van der Waals surface area contributed by atoms with Gasteiger partial charge in [-0.25, -0.2) is 0 Å². The van der Waals surface area contributed by atoms with Crippen molar-refractivity contribution in [3.8, 4) is 0 Å². The molecule has 4 heteroatoms. The van der Waals surface area contributed by atoms with Gasteiger partial charge in [0.15, 0.2) is 0 Å². The molecular weight excluding hydrogens is 230 g/mol. The molecule has 0 saturated heterocycles. The van der Waals surface area contributed by atoms with Crippen molar-refractivity contribution in [1.82, 2.24) is 15.1 Å². The molecule has 0 saturated carbocycles. The molecule has 0 aliphatic rings. The first-order valence-electron chi connectivity index (χ1n) is 6.43. The summed E-state index contributed by atoms with van der Waals surface area (Å²) in [5, 5.41) is 9.77. The Kier molecular flexibility index (Phi) is 6.06. The minimum Gasteiger partial charge on any atom is -0.313 e. The Morgan fingerprint density at radius 3 is 2.71 bits per heavy atom. The van der Waals surface area contributed by atoms with E-state index in [9.17, 15) is 0 Å². The molecule has 98 valence electrons. The molecular formula is C13H25N3S. The van der Waals surface area contributed by atoms with Gasteiger partial charge in [-0.2, -0.15) is 5.10 Å². The van der Waals surface area contributed by atoms with Gasteiger partial charge in [-0.05, 0) is 26.3 Å². The Morgan fingerprint density at radius 1 is 1.47 bits per heavy atom. The largest absolute Gasteiger partial charge is 0.313 e. The highest BCUT2D eigenvalue weighted by Gasteiger charge is 2.10. The molecule has 17 heavy (non-hydrogen) atoms. The summed E-state index contributed by atoms with van der Waals surface area (Å²) in [7, 11) is 2.01. The van der Waals surface area contributed by atoms with Gasteiger partial charge in [0.05, 0.1) is 10.7 Å². The smallest absolute Gasteiger partial charge is 0.0942 e. The van der Waals surface area contributed by atoms with Crippen molar-refractivity contribution >= 4 is 11.8 Å². The van der Waals surface area contributed by atoms with Crippen LogP contribution in [-0.2, 0) is 7.05 Å². The Labute approximate surface area is 109 Å². The van der Waals surface area contributed by atoms with Crippen LogP contribution in [-0.4, -0.2) is 27.6 Å². The van der Waals surface area contributed by atoms with Gasteiger partial charge in [0.25, 0.3) is 0 Å². The fourth-order valence-corrected chi connectivity index (χ4v) is 2.87. The molecule has 0 fully saturated rings. The van der Waals surface area contributed by atoms with Crippen LogP contribution in [0.2, 0.25) is 0 Å². The first kappa shape index (κ1) is 14.6. The quantitative estimate of drug-likeness (QED) is 0.760. The van der Waals surface area contributed by atoms with Crippen LogP contribution in [0.5, 0.6) is 0 Å². The van der Waals surface area contributed by atoms with Crippen LogP contribution in [0.4, 0.5) is 0 Å². The van der Waals surface area contributed by atoms with Crippen LogP contribution in [0.25, 0.3) is 0 Å². The van der Waals surface area contributed by atoms with Gasteiger partial charge < -0.3 is 5.32 Å². The molecule has 0 aliphatic heterocycles. The molecule has 3 nitrogen and oxygen atoms in total. The van der Waals surface area contributed by atoms with E-state index in [0.29, 0.717) is 11.3 Å². The summed E-state index contributed by atoms with van der Waals surface area (Å²) in [6.45, 7) is 9.84. The number of aryl methyl sites for hydroxylation is 2. The Bertz CT molecular complexity index is 335. The zero-order valence-electron chi connectivity index (χ0n) is 11.7. The van der Waals surface area contributed by atoms with E-state index >= 15 is 0 Å². The Morgan fingerprint density at radius 2 is 2.18 bits per heavy atom. The van der Waals surface area contributed by atoms with E-state index in [2.05, 4.69) is 37.3 Å². The normalized spacial score (nSPS) is 14.9. The molecule has 1 N–H and O–H groups in total. The maximum Gasteiger partial charge on any atom is 0.0942 e. The third-order valence-electron chi connectivity index (χ3n) is 2.76. The molecule has 1 rings (SSSR count). The molecule has 1 aromatic heterocycles. The van der Waals surface area contributed by atoms with E-state index in [1.807, 2.05) is 30.4 Å². The predicted octanol–water partition coefficient (Wildman–Crippen LogP) is 2.99. The fraction of sp³-hybridized carbons (Fsp3) is 0.769. The van der Waals surface area contributed by atoms with Gasteiger partial charge >= 0.3 is 0 Å². The maximum absolute atomic E-state index is 4.36. The minimum absolute atomic E-state index is 0.573. The van der Waals surface area contributed by atoms with Crippen molar-refractivity contribution in [2.75, 3.05) is 6.54 Å². The summed E-state index contributed by atoms with van der Waals surface area (Å²) < 4.78 is 1.96. The second-order valence-electron chi connectivity index (χ2n) is 4.77. The van der Waals surface area contributed by atoms with Crippen LogP contribution in [0.1, 0.15) is 39.3 Å². The Balaban J connectivity index is 2.34. The van der Waals surface area contributed by atoms with E-state index in [0.717, 1.165) is 12.2 Å². The second kappa shape index (κ2) is 7.07. The molecule has 0 spiro atoms. The molecule has 2 unspecified atom stereocenters. The summed E-state index contributed by atoms with van der Waals surface area (Å²) in [6, 6.07) is 2.77. The summed E-state index contributed by atoms with van der Waals surface area (Å²) >= 11 is 1.89. The first-order valence-corrected chi connectivity index (χ1v) is 7.31. The van der Waals surface area contributed by atoms with Gasteiger partial charge in [0.1, 0.15) is 0 Å². The average Bonchev–Trinajstić information content (AvgIpc) is 2.55. The summed E-state index contributed by atoms with van der Waals surface area (Å²) in [5.41, 5.74) is 1.09. The lowest BCUT2D eigenvalue weighted by molar-refractivity contribution is 0.511. The van der Waals surface area contributed by atoms with Gasteiger partial charge in [0.2, 0.25) is 0 Å².